The molecule has 19 heavy (non-hydrogen) atoms. The maximum atomic E-state index is 12.2. The van der Waals surface area contributed by atoms with Crippen LogP contribution in [-0.2, 0) is 6.54 Å². The lowest BCUT2D eigenvalue weighted by atomic mass is 10.1. The van der Waals surface area contributed by atoms with E-state index >= 15 is 0 Å². The van der Waals surface area contributed by atoms with Crippen LogP contribution in [0.3, 0.4) is 0 Å². The molecular weight excluding hydrogens is 260 g/mol. The summed E-state index contributed by atoms with van der Waals surface area (Å²) >= 11 is 5.18. The molecule has 0 aliphatic rings. The van der Waals surface area contributed by atoms with Crippen LogP contribution in [0.2, 0.25) is 0 Å². The van der Waals surface area contributed by atoms with Gasteiger partial charge in [0.25, 0.3) is 5.56 Å². The summed E-state index contributed by atoms with van der Waals surface area (Å²) in [6, 6.07) is 3.74. The second-order valence-corrected chi connectivity index (χ2v) is 5.20. The highest BCUT2D eigenvalue weighted by molar-refractivity contribution is 7.71. The molecule has 0 unspecified atom stereocenters. The molecule has 0 bridgehead atoms. The number of rotatable bonds is 4. The first kappa shape index (κ1) is 13.7. The highest BCUT2D eigenvalue weighted by Crippen LogP contribution is 2.16. The minimum Gasteiger partial charge on any atom is -0.325 e. The van der Waals surface area contributed by atoms with Crippen LogP contribution in [0.15, 0.2) is 16.9 Å². The molecule has 102 valence electrons. The molecular formula is C13H18N4OS. The van der Waals surface area contributed by atoms with E-state index in [-0.39, 0.29) is 5.56 Å². The van der Waals surface area contributed by atoms with Crippen molar-refractivity contribution in [2.24, 2.45) is 0 Å². The lowest BCUT2D eigenvalue weighted by molar-refractivity contribution is 0.674. The van der Waals surface area contributed by atoms with Gasteiger partial charge in [-0.3, -0.25) is 9.89 Å². The molecule has 0 amide bonds. The summed E-state index contributed by atoms with van der Waals surface area (Å²) in [5, 5.41) is 6.91. The second-order valence-electron chi connectivity index (χ2n) is 4.82. The van der Waals surface area contributed by atoms with Crippen LogP contribution in [0.25, 0.3) is 11.4 Å². The van der Waals surface area contributed by atoms with Crippen LogP contribution in [-0.4, -0.2) is 19.7 Å². The molecule has 0 saturated carbocycles. The predicted octanol–water partition coefficient (Wildman–Crippen LogP) is 2.83. The van der Waals surface area contributed by atoms with Crippen LogP contribution < -0.4 is 5.56 Å². The average molecular weight is 278 g/mol. The zero-order chi connectivity index (χ0) is 14.0. The summed E-state index contributed by atoms with van der Waals surface area (Å²) in [5.41, 5.74) is 1.34. The number of hydrogen-bond donors (Lipinski definition) is 2. The minimum atomic E-state index is -0.127. The number of aromatic nitrogens is 4. The molecule has 2 rings (SSSR count). The lowest BCUT2D eigenvalue weighted by Crippen LogP contribution is -2.14. The van der Waals surface area contributed by atoms with Crippen molar-refractivity contribution >= 4 is 12.2 Å². The molecule has 6 heteroatoms. The summed E-state index contributed by atoms with van der Waals surface area (Å²) in [5.74, 6) is 0.890. The van der Waals surface area contributed by atoms with E-state index in [2.05, 4.69) is 22.1 Å². The van der Waals surface area contributed by atoms with Gasteiger partial charge in [-0.2, -0.15) is 5.10 Å². The summed E-state index contributed by atoms with van der Waals surface area (Å²) in [4.78, 5) is 15.0. The van der Waals surface area contributed by atoms with Gasteiger partial charge in [0.15, 0.2) is 10.6 Å². The number of H-pyrrole nitrogens is 2. The van der Waals surface area contributed by atoms with Gasteiger partial charge in [0.2, 0.25) is 0 Å². The van der Waals surface area contributed by atoms with E-state index in [0.29, 0.717) is 22.1 Å². The van der Waals surface area contributed by atoms with Crippen molar-refractivity contribution in [3.63, 3.8) is 0 Å². The first-order chi connectivity index (χ1) is 9.04. The molecule has 0 aliphatic heterocycles. The number of nitrogens with one attached hydrogen (secondary N) is 2. The van der Waals surface area contributed by atoms with Gasteiger partial charge >= 0.3 is 0 Å². The third-order valence-electron chi connectivity index (χ3n) is 3.00. The zero-order valence-electron chi connectivity index (χ0n) is 11.4. The van der Waals surface area contributed by atoms with Crippen LogP contribution in [0.5, 0.6) is 0 Å². The second kappa shape index (κ2) is 5.52. The number of pyridine rings is 1. The standard InChI is InChI=1S/C13H18N4OS/c1-4-7-17-11(15-16-13(17)19)9-5-6-10(8(2)3)14-12(9)18/h5-6,8H,4,7H2,1-3H3,(H,14,18)(H,16,19). The van der Waals surface area contributed by atoms with E-state index in [4.69, 9.17) is 12.2 Å². The fourth-order valence-electron chi connectivity index (χ4n) is 1.96. The SMILES string of the molecule is CCCn1c(-c2ccc(C(C)C)[nH]c2=O)n[nH]c1=S. The van der Waals surface area contributed by atoms with Crippen LogP contribution in [0, 0.1) is 4.77 Å². The van der Waals surface area contributed by atoms with Crippen molar-refractivity contribution in [1.82, 2.24) is 19.7 Å². The molecule has 0 spiro atoms. The third-order valence-corrected chi connectivity index (χ3v) is 3.31. The van der Waals surface area contributed by atoms with Gasteiger partial charge in [-0.1, -0.05) is 20.8 Å². The Kier molecular flexibility index (Phi) is 3.99. The highest BCUT2D eigenvalue weighted by atomic mass is 32.1. The van der Waals surface area contributed by atoms with Crippen molar-refractivity contribution in [2.75, 3.05) is 0 Å². The van der Waals surface area contributed by atoms with Crippen molar-refractivity contribution in [1.29, 1.82) is 0 Å². The van der Waals surface area contributed by atoms with Crippen molar-refractivity contribution in [2.45, 2.75) is 39.7 Å². The number of aromatic amines is 2. The Morgan fingerprint density at radius 1 is 1.42 bits per heavy atom. The van der Waals surface area contributed by atoms with Gasteiger partial charge in [0, 0.05) is 12.2 Å². The van der Waals surface area contributed by atoms with Gasteiger partial charge in [-0.05, 0) is 36.7 Å². The third kappa shape index (κ3) is 2.68. The van der Waals surface area contributed by atoms with Crippen molar-refractivity contribution < 1.29 is 0 Å². The van der Waals surface area contributed by atoms with E-state index in [1.165, 1.54) is 0 Å². The molecule has 5 nitrogen and oxygen atoms in total. The minimum absolute atomic E-state index is 0.127. The highest BCUT2D eigenvalue weighted by Gasteiger charge is 2.12. The maximum Gasteiger partial charge on any atom is 0.259 e. The maximum absolute atomic E-state index is 12.2. The molecule has 0 fully saturated rings. The smallest absolute Gasteiger partial charge is 0.259 e. The van der Waals surface area contributed by atoms with Gasteiger partial charge in [0.05, 0.1) is 5.56 Å². The van der Waals surface area contributed by atoms with Gasteiger partial charge < -0.3 is 9.55 Å². The van der Waals surface area contributed by atoms with Gasteiger partial charge in [0.1, 0.15) is 0 Å². The molecule has 0 atom stereocenters. The van der Waals surface area contributed by atoms with E-state index < -0.39 is 0 Å². The van der Waals surface area contributed by atoms with E-state index in [9.17, 15) is 4.79 Å². The summed E-state index contributed by atoms with van der Waals surface area (Å²) in [6.45, 7) is 6.89. The first-order valence-corrected chi connectivity index (χ1v) is 6.84. The van der Waals surface area contributed by atoms with E-state index in [1.807, 2.05) is 30.5 Å². The Labute approximate surface area is 116 Å². The summed E-state index contributed by atoms with van der Waals surface area (Å²) < 4.78 is 2.40. The largest absolute Gasteiger partial charge is 0.325 e. The number of hydrogen-bond acceptors (Lipinski definition) is 3. The summed E-state index contributed by atoms with van der Waals surface area (Å²) in [7, 11) is 0. The Hall–Kier alpha value is -1.69. The molecule has 0 aromatic carbocycles. The lowest BCUT2D eigenvalue weighted by Gasteiger charge is -2.07. The Bertz CT molecular complexity index is 680. The normalized spacial score (nSPS) is 11.2. The van der Waals surface area contributed by atoms with Crippen LogP contribution in [0.4, 0.5) is 0 Å². The fourth-order valence-corrected chi connectivity index (χ4v) is 2.18. The van der Waals surface area contributed by atoms with E-state index in [0.717, 1.165) is 18.7 Å². The molecule has 2 aromatic heterocycles. The fraction of sp³-hybridized carbons (Fsp3) is 0.462. The Morgan fingerprint density at radius 2 is 2.16 bits per heavy atom. The topological polar surface area (TPSA) is 66.5 Å². The zero-order valence-corrected chi connectivity index (χ0v) is 12.2. The average Bonchev–Trinajstić information content (AvgIpc) is 2.72. The molecule has 0 saturated heterocycles. The molecule has 0 aliphatic carbocycles. The van der Waals surface area contributed by atoms with E-state index in [1.54, 1.807) is 0 Å². The quantitative estimate of drug-likeness (QED) is 0.845. The van der Waals surface area contributed by atoms with Crippen molar-refractivity contribution in [3.8, 4) is 11.4 Å². The van der Waals surface area contributed by atoms with Crippen LogP contribution in [0.1, 0.15) is 38.8 Å². The first-order valence-electron chi connectivity index (χ1n) is 6.43. The molecule has 2 N–H and O–H groups in total. The Balaban J connectivity index is 2.54. The number of nitrogens with zero attached hydrogens (tertiary/aromatic N) is 2. The van der Waals surface area contributed by atoms with Gasteiger partial charge in [-0.25, -0.2) is 0 Å². The van der Waals surface area contributed by atoms with Crippen molar-refractivity contribution in [3.05, 3.63) is 33.0 Å². The summed E-state index contributed by atoms with van der Waals surface area (Å²) in [6.07, 6.45) is 0.933. The van der Waals surface area contributed by atoms with Crippen LogP contribution >= 0.6 is 12.2 Å². The molecule has 0 radical (unpaired) electrons. The monoisotopic (exact) mass is 278 g/mol. The molecule has 2 aromatic rings. The molecule has 2 heterocycles. The predicted molar refractivity (Wildman–Crippen MR) is 77.8 cm³/mol. The Morgan fingerprint density at radius 3 is 2.74 bits per heavy atom. The van der Waals surface area contributed by atoms with Gasteiger partial charge in [-0.15, -0.1) is 0 Å².